The predicted octanol–water partition coefficient (Wildman–Crippen LogP) is 4.89. The minimum atomic E-state index is -0.519. The van der Waals surface area contributed by atoms with Gasteiger partial charge in [-0.2, -0.15) is 0 Å². The van der Waals surface area contributed by atoms with E-state index in [9.17, 15) is 8.78 Å². The minimum Gasteiger partial charge on any atom is -0.486 e. The monoisotopic (exact) mass is 392 g/mol. The van der Waals surface area contributed by atoms with Crippen molar-refractivity contribution >= 4 is 5.95 Å². The van der Waals surface area contributed by atoms with Gasteiger partial charge >= 0.3 is 0 Å². The molecule has 0 atom stereocenters. The number of halogens is 2. The van der Waals surface area contributed by atoms with Crippen molar-refractivity contribution < 1.29 is 13.5 Å². The van der Waals surface area contributed by atoms with E-state index in [1.165, 1.54) is 18.2 Å². The van der Waals surface area contributed by atoms with Gasteiger partial charge in [-0.25, -0.2) is 13.8 Å². The zero-order valence-electron chi connectivity index (χ0n) is 15.6. The summed E-state index contributed by atoms with van der Waals surface area (Å²) >= 11 is 0. The standard InChI is InChI=1S/C22H18F2N4O/c1-13-10-16(8-9-26-13)21-20(27-22(25)28-21)15-4-7-19(18(24)11-15)29-12-14-2-5-17(23)6-3-14/h2-11H,12H2,1H3,(H3,25,27,28). The quantitative estimate of drug-likeness (QED) is 0.507. The van der Waals surface area contributed by atoms with Gasteiger partial charge in [0.25, 0.3) is 0 Å². The molecule has 0 aliphatic rings. The highest BCUT2D eigenvalue weighted by Gasteiger charge is 2.15. The molecule has 2 heterocycles. The molecular formula is C22H18F2N4O. The Morgan fingerprint density at radius 2 is 1.79 bits per heavy atom. The van der Waals surface area contributed by atoms with Gasteiger partial charge in [-0.15, -0.1) is 0 Å². The van der Waals surface area contributed by atoms with Crippen LogP contribution in [0.3, 0.4) is 0 Å². The smallest absolute Gasteiger partial charge is 0.198 e. The van der Waals surface area contributed by atoms with Crippen molar-refractivity contribution in [3.63, 3.8) is 0 Å². The molecule has 2 aromatic heterocycles. The maximum atomic E-state index is 14.6. The Morgan fingerprint density at radius 3 is 2.52 bits per heavy atom. The molecule has 0 aliphatic heterocycles. The van der Waals surface area contributed by atoms with Gasteiger partial charge in [-0.1, -0.05) is 12.1 Å². The van der Waals surface area contributed by atoms with E-state index < -0.39 is 5.82 Å². The van der Waals surface area contributed by atoms with Crippen LogP contribution < -0.4 is 10.5 Å². The van der Waals surface area contributed by atoms with Crippen molar-refractivity contribution in [2.24, 2.45) is 0 Å². The Labute approximate surface area is 166 Å². The number of aromatic nitrogens is 3. The van der Waals surface area contributed by atoms with Crippen molar-refractivity contribution in [3.8, 4) is 28.3 Å². The second-order valence-corrected chi connectivity index (χ2v) is 6.59. The summed E-state index contributed by atoms with van der Waals surface area (Å²) in [4.78, 5) is 11.5. The highest BCUT2D eigenvalue weighted by atomic mass is 19.1. The summed E-state index contributed by atoms with van der Waals surface area (Å²) in [5.74, 6) is -0.508. The minimum absolute atomic E-state index is 0.104. The SMILES string of the molecule is Cc1cc(-c2nc(N)[nH]c2-c2ccc(OCc3ccc(F)cc3)c(F)c2)ccn1. The van der Waals surface area contributed by atoms with Crippen LogP contribution in [0.5, 0.6) is 5.75 Å². The average molecular weight is 392 g/mol. The molecule has 2 aromatic carbocycles. The largest absolute Gasteiger partial charge is 0.486 e. The Kier molecular flexibility index (Phi) is 4.95. The maximum Gasteiger partial charge on any atom is 0.198 e. The van der Waals surface area contributed by atoms with E-state index >= 15 is 0 Å². The normalized spacial score (nSPS) is 10.9. The molecular weight excluding hydrogens is 374 g/mol. The molecule has 0 spiro atoms. The summed E-state index contributed by atoms with van der Waals surface area (Å²) in [5.41, 5.74) is 10.1. The molecule has 0 fully saturated rings. The molecule has 146 valence electrons. The third-order valence-electron chi connectivity index (χ3n) is 4.42. The molecule has 4 rings (SSSR count). The highest BCUT2D eigenvalue weighted by Crippen LogP contribution is 2.33. The van der Waals surface area contributed by atoms with E-state index in [4.69, 9.17) is 10.5 Å². The first-order valence-electron chi connectivity index (χ1n) is 8.95. The zero-order valence-corrected chi connectivity index (χ0v) is 15.6. The van der Waals surface area contributed by atoms with Gasteiger partial charge in [-0.3, -0.25) is 4.98 Å². The van der Waals surface area contributed by atoms with E-state index in [2.05, 4.69) is 15.0 Å². The van der Waals surface area contributed by atoms with Gasteiger partial charge in [0.1, 0.15) is 12.4 Å². The first kappa shape index (κ1) is 18.6. The highest BCUT2D eigenvalue weighted by molar-refractivity contribution is 5.80. The van der Waals surface area contributed by atoms with Crippen LogP contribution in [0.15, 0.2) is 60.8 Å². The number of pyridine rings is 1. The second kappa shape index (κ2) is 7.71. The third kappa shape index (κ3) is 4.08. The van der Waals surface area contributed by atoms with Gasteiger partial charge in [0.15, 0.2) is 17.5 Å². The molecule has 4 aromatic rings. The number of nitrogen functional groups attached to an aromatic ring is 1. The van der Waals surface area contributed by atoms with Crippen LogP contribution in [-0.4, -0.2) is 15.0 Å². The number of ether oxygens (including phenoxy) is 1. The summed E-state index contributed by atoms with van der Waals surface area (Å²) in [6, 6.07) is 14.2. The van der Waals surface area contributed by atoms with Crippen molar-refractivity contribution in [2.75, 3.05) is 5.73 Å². The van der Waals surface area contributed by atoms with E-state index in [0.29, 0.717) is 17.0 Å². The lowest BCUT2D eigenvalue weighted by Gasteiger charge is -2.09. The van der Waals surface area contributed by atoms with Crippen LogP contribution in [-0.2, 0) is 6.61 Å². The van der Waals surface area contributed by atoms with Crippen molar-refractivity contribution in [3.05, 3.63) is 83.7 Å². The van der Waals surface area contributed by atoms with Crippen LogP contribution in [0.2, 0.25) is 0 Å². The van der Waals surface area contributed by atoms with Crippen LogP contribution >= 0.6 is 0 Å². The third-order valence-corrected chi connectivity index (χ3v) is 4.42. The van der Waals surface area contributed by atoms with E-state index in [-0.39, 0.29) is 24.1 Å². The Balaban J connectivity index is 1.60. The molecule has 0 aliphatic carbocycles. The van der Waals surface area contributed by atoms with E-state index in [0.717, 1.165) is 16.8 Å². The van der Waals surface area contributed by atoms with Crippen molar-refractivity contribution in [1.82, 2.24) is 15.0 Å². The number of H-pyrrole nitrogens is 1. The Bertz CT molecular complexity index is 1160. The molecule has 29 heavy (non-hydrogen) atoms. The number of anilines is 1. The molecule has 0 bridgehead atoms. The summed E-state index contributed by atoms with van der Waals surface area (Å²) in [6.45, 7) is 2.02. The topological polar surface area (TPSA) is 76.8 Å². The lowest BCUT2D eigenvalue weighted by molar-refractivity contribution is 0.290. The fourth-order valence-electron chi connectivity index (χ4n) is 3.02. The fraction of sp³-hybridized carbons (Fsp3) is 0.0909. The Morgan fingerprint density at radius 1 is 1.00 bits per heavy atom. The lowest BCUT2D eigenvalue weighted by Crippen LogP contribution is -1.98. The number of hydrogen-bond donors (Lipinski definition) is 2. The summed E-state index contributed by atoms with van der Waals surface area (Å²) in [7, 11) is 0. The number of nitrogens with zero attached hydrogens (tertiary/aromatic N) is 2. The summed E-state index contributed by atoms with van der Waals surface area (Å²) < 4.78 is 33.2. The number of benzene rings is 2. The summed E-state index contributed by atoms with van der Waals surface area (Å²) in [5, 5.41) is 0. The maximum absolute atomic E-state index is 14.6. The molecule has 7 heteroatoms. The van der Waals surface area contributed by atoms with Crippen LogP contribution in [0.25, 0.3) is 22.5 Å². The molecule has 0 radical (unpaired) electrons. The van der Waals surface area contributed by atoms with E-state index in [1.54, 1.807) is 30.5 Å². The first-order chi connectivity index (χ1) is 14.0. The van der Waals surface area contributed by atoms with E-state index in [1.807, 2.05) is 19.1 Å². The number of rotatable bonds is 5. The number of aromatic amines is 1. The molecule has 0 saturated carbocycles. The Hall–Kier alpha value is -3.74. The number of imidazole rings is 1. The second-order valence-electron chi connectivity index (χ2n) is 6.59. The number of hydrogen-bond acceptors (Lipinski definition) is 4. The van der Waals surface area contributed by atoms with Crippen LogP contribution in [0.1, 0.15) is 11.3 Å². The van der Waals surface area contributed by atoms with Gasteiger partial charge in [0.05, 0.1) is 11.4 Å². The fourth-order valence-corrected chi connectivity index (χ4v) is 3.02. The summed E-state index contributed by atoms with van der Waals surface area (Å²) in [6.07, 6.45) is 1.69. The number of nitrogens with one attached hydrogen (secondary N) is 1. The van der Waals surface area contributed by atoms with Crippen LogP contribution in [0.4, 0.5) is 14.7 Å². The van der Waals surface area contributed by atoms with Gasteiger partial charge in [-0.05, 0) is 55.0 Å². The molecule has 0 saturated heterocycles. The molecule has 5 nitrogen and oxygen atoms in total. The predicted molar refractivity (Wildman–Crippen MR) is 107 cm³/mol. The van der Waals surface area contributed by atoms with Gasteiger partial charge in [0.2, 0.25) is 0 Å². The van der Waals surface area contributed by atoms with Gasteiger partial charge < -0.3 is 15.5 Å². The molecule has 0 unspecified atom stereocenters. The zero-order chi connectivity index (χ0) is 20.4. The first-order valence-corrected chi connectivity index (χ1v) is 8.95. The number of aryl methyl sites for hydroxylation is 1. The van der Waals surface area contributed by atoms with Crippen LogP contribution in [0, 0.1) is 18.6 Å². The average Bonchev–Trinajstić information content (AvgIpc) is 3.10. The lowest BCUT2D eigenvalue weighted by atomic mass is 10.0. The molecule has 3 N–H and O–H groups in total. The molecule has 0 amide bonds. The van der Waals surface area contributed by atoms with Crippen molar-refractivity contribution in [1.29, 1.82) is 0 Å². The van der Waals surface area contributed by atoms with Gasteiger partial charge in [0, 0.05) is 23.0 Å². The number of nitrogens with two attached hydrogens (primary N) is 1. The van der Waals surface area contributed by atoms with Crippen molar-refractivity contribution in [2.45, 2.75) is 13.5 Å².